The van der Waals surface area contributed by atoms with Crippen molar-refractivity contribution in [3.05, 3.63) is 42.1 Å². The molecule has 1 aromatic heterocycles. The third kappa shape index (κ3) is 1.76. The molecular formula is C14H14N2O2. The van der Waals surface area contributed by atoms with Crippen LogP contribution in [0.2, 0.25) is 0 Å². The fraction of sp³-hybridized carbons (Fsp3) is 0.214. The van der Waals surface area contributed by atoms with E-state index in [4.69, 9.17) is 5.11 Å². The van der Waals surface area contributed by atoms with Crippen LogP contribution in [0.25, 0.3) is 16.5 Å². The highest BCUT2D eigenvalue weighted by molar-refractivity contribution is 5.93. The number of para-hydroxylation sites is 1. The molecule has 2 heterocycles. The van der Waals surface area contributed by atoms with Gasteiger partial charge in [-0.3, -0.25) is 0 Å². The van der Waals surface area contributed by atoms with E-state index in [-0.39, 0.29) is 0 Å². The molecule has 0 radical (unpaired) electrons. The van der Waals surface area contributed by atoms with Gasteiger partial charge in [-0.2, -0.15) is 0 Å². The van der Waals surface area contributed by atoms with Crippen molar-refractivity contribution in [1.29, 1.82) is 0 Å². The van der Waals surface area contributed by atoms with Gasteiger partial charge in [-0.1, -0.05) is 24.3 Å². The summed E-state index contributed by atoms with van der Waals surface area (Å²) in [6, 6.07) is 8.07. The summed E-state index contributed by atoms with van der Waals surface area (Å²) in [5.74, 6) is 0. The van der Waals surface area contributed by atoms with Gasteiger partial charge in [0.1, 0.15) is 0 Å². The molecule has 1 aliphatic heterocycles. The van der Waals surface area contributed by atoms with Gasteiger partial charge in [0.25, 0.3) is 0 Å². The van der Waals surface area contributed by atoms with Gasteiger partial charge in [0.05, 0.1) is 0 Å². The van der Waals surface area contributed by atoms with Crippen LogP contribution in [0.1, 0.15) is 12.0 Å². The Hall–Kier alpha value is -2.23. The van der Waals surface area contributed by atoms with Gasteiger partial charge in [0, 0.05) is 35.8 Å². The molecule has 0 bridgehead atoms. The van der Waals surface area contributed by atoms with Crippen molar-refractivity contribution in [2.24, 2.45) is 0 Å². The first-order chi connectivity index (χ1) is 8.75. The Kier molecular flexibility index (Phi) is 2.55. The first kappa shape index (κ1) is 10.9. The molecule has 4 heteroatoms. The number of aromatic amines is 1. The van der Waals surface area contributed by atoms with Gasteiger partial charge in [-0.15, -0.1) is 0 Å². The van der Waals surface area contributed by atoms with Crippen LogP contribution in [0.4, 0.5) is 4.79 Å². The number of carbonyl (C=O) groups is 1. The molecule has 0 fully saturated rings. The molecule has 18 heavy (non-hydrogen) atoms. The molecule has 0 saturated heterocycles. The first-order valence-electron chi connectivity index (χ1n) is 5.99. The summed E-state index contributed by atoms with van der Waals surface area (Å²) in [7, 11) is 0. The van der Waals surface area contributed by atoms with E-state index < -0.39 is 6.09 Å². The highest BCUT2D eigenvalue weighted by Gasteiger charge is 2.19. The summed E-state index contributed by atoms with van der Waals surface area (Å²) in [6.07, 6.45) is 4.03. The van der Waals surface area contributed by atoms with E-state index in [9.17, 15) is 4.79 Å². The number of rotatable bonds is 1. The van der Waals surface area contributed by atoms with Crippen LogP contribution in [0.5, 0.6) is 0 Å². The van der Waals surface area contributed by atoms with E-state index in [0.29, 0.717) is 13.1 Å². The number of aromatic nitrogens is 1. The van der Waals surface area contributed by atoms with Crippen LogP contribution < -0.4 is 0 Å². The zero-order valence-electron chi connectivity index (χ0n) is 9.89. The topological polar surface area (TPSA) is 56.3 Å². The average molecular weight is 242 g/mol. The lowest BCUT2D eigenvalue weighted by Gasteiger charge is -2.24. The summed E-state index contributed by atoms with van der Waals surface area (Å²) in [5.41, 5.74) is 3.28. The van der Waals surface area contributed by atoms with Gasteiger partial charge in [-0.25, -0.2) is 4.79 Å². The van der Waals surface area contributed by atoms with Gasteiger partial charge in [0.15, 0.2) is 0 Å². The molecule has 2 aromatic rings. The number of hydrogen-bond acceptors (Lipinski definition) is 1. The zero-order chi connectivity index (χ0) is 12.5. The molecule has 2 N–H and O–H groups in total. The Bertz CT molecular complexity index is 628. The summed E-state index contributed by atoms with van der Waals surface area (Å²) >= 11 is 0. The van der Waals surface area contributed by atoms with Crippen molar-refractivity contribution < 1.29 is 9.90 Å². The van der Waals surface area contributed by atoms with Gasteiger partial charge in [-0.05, 0) is 18.1 Å². The van der Waals surface area contributed by atoms with E-state index in [1.165, 1.54) is 4.90 Å². The number of hydrogen-bond donors (Lipinski definition) is 2. The third-order valence-electron chi connectivity index (χ3n) is 3.36. The van der Waals surface area contributed by atoms with Gasteiger partial charge >= 0.3 is 6.09 Å². The number of carboxylic acid groups (broad SMARTS) is 1. The van der Waals surface area contributed by atoms with Crippen molar-refractivity contribution in [3.63, 3.8) is 0 Å². The number of nitrogens with zero attached hydrogens (tertiary/aromatic N) is 1. The molecule has 0 saturated carbocycles. The second-order valence-corrected chi connectivity index (χ2v) is 4.47. The molecule has 0 atom stereocenters. The molecule has 0 unspecified atom stereocenters. The van der Waals surface area contributed by atoms with Gasteiger partial charge in [0.2, 0.25) is 0 Å². The van der Waals surface area contributed by atoms with Crippen LogP contribution in [-0.4, -0.2) is 34.2 Å². The zero-order valence-corrected chi connectivity index (χ0v) is 9.89. The maximum atomic E-state index is 11.0. The summed E-state index contributed by atoms with van der Waals surface area (Å²) in [4.78, 5) is 15.7. The summed E-state index contributed by atoms with van der Waals surface area (Å²) in [6.45, 7) is 1.05. The lowest BCUT2D eigenvalue weighted by molar-refractivity contribution is 0.150. The molecule has 1 aliphatic rings. The van der Waals surface area contributed by atoms with Crippen LogP contribution >= 0.6 is 0 Å². The number of benzene rings is 1. The number of H-pyrrole nitrogens is 1. The predicted molar refractivity (Wildman–Crippen MR) is 70.5 cm³/mol. The van der Waals surface area contributed by atoms with E-state index >= 15 is 0 Å². The molecule has 1 amide bonds. The maximum Gasteiger partial charge on any atom is 0.407 e. The average Bonchev–Trinajstić information content (AvgIpc) is 2.82. The van der Waals surface area contributed by atoms with Crippen molar-refractivity contribution in [3.8, 4) is 0 Å². The Balaban J connectivity index is 2.00. The first-order valence-corrected chi connectivity index (χ1v) is 5.99. The van der Waals surface area contributed by atoms with Crippen molar-refractivity contribution in [1.82, 2.24) is 9.88 Å². The molecule has 1 aromatic carbocycles. The highest BCUT2D eigenvalue weighted by atomic mass is 16.4. The fourth-order valence-electron chi connectivity index (χ4n) is 2.44. The Morgan fingerprint density at radius 2 is 2.17 bits per heavy atom. The van der Waals surface area contributed by atoms with E-state index in [0.717, 1.165) is 28.5 Å². The van der Waals surface area contributed by atoms with E-state index in [1.54, 1.807) is 0 Å². The Labute approximate surface area is 105 Å². The SMILES string of the molecule is O=C(O)N1CCC=C(c2c[nH]c3ccccc23)C1. The smallest absolute Gasteiger partial charge is 0.407 e. The molecule has 0 spiro atoms. The lowest BCUT2D eigenvalue weighted by atomic mass is 10.0. The Morgan fingerprint density at radius 3 is 3.00 bits per heavy atom. The summed E-state index contributed by atoms with van der Waals surface area (Å²) in [5, 5.41) is 10.2. The number of nitrogens with one attached hydrogen (secondary N) is 1. The maximum absolute atomic E-state index is 11.0. The second-order valence-electron chi connectivity index (χ2n) is 4.47. The third-order valence-corrected chi connectivity index (χ3v) is 3.36. The van der Waals surface area contributed by atoms with Crippen LogP contribution in [-0.2, 0) is 0 Å². The molecule has 92 valence electrons. The lowest BCUT2D eigenvalue weighted by Crippen LogP contribution is -2.34. The monoisotopic (exact) mass is 242 g/mol. The Morgan fingerprint density at radius 1 is 1.33 bits per heavy atom. The largest absolute Gasteiger partial charge is 0.465 e. The minimum absolute atomic E-state index is 0.469. The van der Waals surface area contributed by atoms with Crippen molar-refractivity contribution in [2.45, 2.75) is 6.42 Å². The summed E-state index contributed by atoms with van der Waals surface area (Å²) < 4.78 is 0. The second kappa shape index (κ2) is 4.22. The quantitative estimate of drug-likeness (QED) is 0.807. The normalized spacial score (nSPS) is 15.8. The predicted octanol–water partition coefficient (Wildman–Crippen LogP) is 2.94. The standard InChI is InChI=1S/C14H14N2O2/c17-14(18)16-7-3-4-10(9-16)12-8-15-13-6-2-1-5-11(12)13/h1-2,4-6,8,15H,3,7,9H2,(H,17,18). The fourth-order valence-corrected chi connectivity index (χ4v) is 2.44. The van der Waals surface area contributed by atoms with E-state index in [2.05, 4.69) is 17.1 Å². The molecule has 0 aliphatic carbocycles. The highest BCUT2D eigenvalue weighted by Crippen LogP contribution is 2.27. The van der Waals surface area contributed by atoms with Crippen molar-refractivity contribution >= 4 is 22.6 Å². The molecular weight excluding hydrogens is 228 g/mol. The van der Waals surface area contributed by atoms with E-state index in [1.807, 2.05) is 24.4 Å². The number of fused-ring (bicyclic) bond motifs is 1. The van der Waals surface area contributed by atoms with Gasteiger partial charge < -0.3 is 15.0 Å². The minimum Gasteiger partial charge on any atom is -0.465 e. The van der Waals surface area contributed by atoms with Crippen LogP contribution in [0.15, 0.2) is 36.5 Å². The number of amides is 1. The van der Waals surface area contributed by atoms with Crippen molar-refractivity contribution in [2.75, 3.05) is 13.1 Å². The minimum atomic E-state index is -0.847. The molecule has 3 rings (SSSR count). The van der Waals surface area contributed by atoms with Crippen LogP contribution in [0.3, 0.4) is 0 Å². The van der Waals surface area contributed by atoms with Crippen LogP contribution in [0, 0.1) is 0 Å². The molecule has 4 nitrogen and oxygen atoms in total.